The third kappa shape index (κ3) is 4.71. The number of carbonyl (C=O) groups excluding carboxylic acids is 2. The van der Waals surface area contributed by atoms with Crippen LogP contribution in [0.15, 0.2) is 30.5 Å². The molecule has 2 rings (SSSR count). The van der Waals surface area contributed by atoms with Gasteiger partial charge in [0.1, 0.15) is 0 Å². The van der Waals surface area contributed by atoms with Crippen molar-refractivity contribution in [1.82, 2.24) is 4.57 Å². The molecule has 0 unspecified atom stereocenters. The molecular formula is C24H29NO4. The van der Waals surface area contributed by atoms with Crippen LogP contribution < -0.4 is 0 Å². The van der Waals surface area contributed by atoms with Gasteiger partial charge in [-0.3, -0.25) is 9.59 Å². The third-order valence-corrected chi connectivity index (χ3v) is 5.45. The maximum Gasteiger partial charge on any atom is 0.324 e. The Balaban J connectivity index is 2.44. The van der Waals surface area contributed by atoms with Gasteiger partial charge in [0.2, 0.25) is 0 Å². The summed E-state index contributed by atoms with van der Waals surface area (Å²) in [6, 6.07) is 8.39. The number of rotatable bonds is 7. The highest BCUT2D eigenvalue weighted by Gasteiger charge is 2.48. The minimum Gasteiger partial charge on any atom is -0.468 e. The van der Waals surface area contributed by atoms with Gasteiger partial charge in [0, 0.05) is 31.3 Å². The molecule has 0 N–H and O–H groups in total. The van der Waals surface area contributed by atoms with E-state index < -0.39 is 17.4 Å². The standard InChI is InChI=1S/C24H29NO4/c1-7-8-13-24(22(26)28-5,23(27)29-6)14-21-16-25(19(4)18(21)3)15-20-11-9-17(2)10-12-20/h9-12,16H,13-15H2,1-6H3. The summed E-state index contributed by atoms with van der Waals surface area (Å²) in [4.78, 5) is 25.3. The van der Waals surface area contributed by atoms with Crippen molar-refractivity contribution in [2.75, 3.05) is 14.2 Å². The van der Waals surface area contributed by atoms with Gasteiger partial charge in [-0.2, -0.15) is 0 Å². The minimum atomic E-state index is -1.49. The fourth-order valence-corrected chi connectivity index (χ4v) is 3.45. The van der Waals surface area contributed by atoms with Crippen molar-refractivity contribution < 1.29 is 19.1 Å². The van der Waals surface area contributed by atoms with Gasteiger partial charge in [-0.15, -0.1) is 11.8 Å². The molecule has 0 aliphatic rings. The summed E-state index contributed by atoms with van der Waals surface area (Å²) >= 11 is 0. The summed E-state index contributed by atoms with van der Waals surface area (Å²) in [5, 5.41) is 0. The van der Waals surface area contributed by atoms with Gasteiger partial charge in [0.25, 0.3) is 0 Å². The third-order valence-electron chi connectivity index (χ3n) is 5.45. The molecule has 154 valence electrons. The summed E-state index contributed by atoms with van der Waals surface area (Å²) < 4.78 is 12.1. The Hall–Kier alpha value is -3.00. The van der Waals surface area contributed by atoms with E-state index in [4.69, 9.17) is 9.47 Å². The number of aryl methyl sites for hydroxylation is 1. The molecule has 0 fully saturated rings. The molecule has 0 aliphatic carbocycles. The first kappa shape index (κ1) is 22.3. The summed E-state index contributed by atoms with van der Waals surface area (Å²) in [5.41, 5.74) is 3.95. The van der Waals surface area contributed by atoms with Gasteiger partial charge in [0.05, 0.1) is 14.2 Å². The normalized spacial score (nSPS) is 10.8. The Morgan fingerprint density at radius 1 is 1.03 bits per heavy atom. The van der Waals surface area contributed by atoms with Crippen LogP contribution in [0.25, 0.3) is 0 Å². The second-order valence-corrected chi connectivity index (χ2v) is 7.32. The molecule has 0 saturated heterocycles. The molecular weight excluding hydrogens is 366 g/mol. The van der Waals surface area contributed by atoms with E-state index in [1.807, 2.05) is 20.0 Å². The van der Waals surface area contributed by atoms with Crippen LogP contribution in [0, 0.1) is 38.0 Å². The van der Waals surface area contributed by atoms with Crippen LogP contribution in [0.3, 0.4) is 0 Å². The predicted molar refractivity (Wildman–Crippen MR) is 112 cm³/mol. The molecule has 5 heteroatoms. The number of benzene rings is 1. The van der Waals surface area contributed by atoms with Crippen molar-refractivity contribution >= 4 is 11.9 Å². The van der Waals surface area contributed by atoms with E-state index in [0.29, 0.717) is 6.54 Å². The Morgan fingerprint density at radius 3 is 2.14 bits per heavy atom. The Kier molecular flexibility index (Phi) is 7.28. The SMILES string of the molecule is CC#CCC(Cc1cn(Cc2ccc(C)cc2)c(C)c1C)(C(=O)OC)C(=O)OC. The first-order valence-corrected chi connectivity index (χ1v) is 9.56. The number of hydrogen-bond donors (Lipinski definition) is 0. The lowest BCUT2D eigenvalue weighted by molar-refractivity contribution is -0.168. The van der Waals surface area contributed by atoms with Crippen molar-refractivity contribution in [3.05, 3.63) is 58.4 Å². The second kappa shape index (κ2) is 9.47. The molecule has 1 aromatic heterocycles. The highest BCUT2D eigenvalue weighted by molar-refractivity contribution is 6.00. The molecule has 5 nitrogen and oxygen atoms in total. The van der Waals surface area contributed by atoms with Crippen molar-refractivity contribution in [3.63, 3.8) is 0 Å². The van der Waals surface area contributed by atoms with Crippen LogP contribution in [0.1, 0.15) is 41.3 Å². The smallest absolute Gasteiger partial charge is 0.324 e. The van der Waals surface area contributed by atoms with Crippen molar-refractivity contribution in [3.8, 4) is 11.8 Å². The lowest BCUT2D eigenvalue weighted by Gasteiger charge is -2.26. The van der Waals surface area contributed by atoms with Crippen molar-refractivity contribution in [2.45, 2.75) is 47.1 Å². The Bertz CT molecular complexity index is 926. The van der Waals surface area contributed by atoms with E-state index in [2.05, 4.69) is 47.6 Å². The molecule has 0 saturated carbocycles. The second-order valence-electron chi connectivity index (χ2n) is 7.32. The van der Waals surface area contributed by atoms with Crippen LogP contribution in [-0.2, 0) is 32.0 Å². The van der Waals surface area contributed by atoms with Gasteiger partial charge in [-0.1, -0.05) is 29.8 Å². The van der Waals surface area contributed by atoms with Crippen LogP contribution in [-0.4, -0.2) is 30.7 Å². The molecule has 29 heavy (non-hydrogen) atoms. The van der Waals surface area contributed by atoms with E-state index in [9.17, 15) is 9.59 Å². The highest BCUT2D eigenvalue weighted by atomic mass is 16.5. The van der Waals surface area contributed by atoms with Crippen LogP contribution in [0.5, 0.6) is 0 Å². The molecule has 0 atom stereocenters. The van der Waals surface area contributed by atoms with E-state index in [-0.39, 0.29) is 12.8 Å². The quantitative estimate of drug-likeness (QED) is 0.407. The van der Waals surface area contributed by atoms with Crippen molar-refractivity contribution in [2.24, 2.45) is 5.41 Å². The molecule has 0 radical (unpaired) electrons. The van der Waals surface area contributed by atoms with E-state index in [0.717, 1.165) is 16.8 Å². The Morgan fingerprint density at radius 2 is 1.62 bits per heavy atom. The summed E-state index contributed by atoms with van der Waals surface area (Å²) in [6.07, 6.45) is 2.23. The molecule has 0 amide bonds. The van der Waals surface area contributed by atoms with E-state index in [1.165, 1.54) is 25.3 Å². The minimum absolute atomic E-state index is 0.0461. The number of hydrogen-bond acceptors (Lipinski definition) is 4. The van der Waals surface area contributed by atoms with Gasteiger partial charge in [-0.05, 0) is 44.4 Å². The van der Waals surface area contributed by atoms with Crippen molar-refractivity contribution in [1.29, 1.82) is 0 Å². The lowest BCUT2D eigenvalue weighted by atomic mass is 9.78. The molecule has 1 heterocycles. The van der Waals surface area contributed by atoms with Crippen LogP contribution >= 0.6 is 0 Å². The summed E-state index contributed by atoms with van der Waals surface area (Å²) in [5.74, 6) is 4.37. The molecule has 0 spiro atoms. The van der Waals surface area contributed by atoms with Gasteiger partial charge in [-0.25, -0.2) is 0 Å². The number of esters is 2. The number of aromatic nitrogens is 1. The summed E-state index contributed by atoms with van der Waals surface area (Å²) in [7, 11) is 2.56. The average Bonchev–Trinajstić information content (AvgIpc) is 2.99. The molecule has 0 aliphatic heterocycles. The first-order valence-electron chi connectivity index (χ1n) is 9.56. The predicted octanol–water partition coefficient (Wildman–Crippen LogP) is 3.75. The van der Waals surface area contributed by atoms with Gasteiger partial charge < -0.3 is 14.0 Å². The fraction of sp³-hybridized carbons (Fsp3) is 0.417. The Labute approximate surface area is 173 Å². The maximum atomic E-state index is 12.7. The fourth-order valence-electron chi connectivity index (χ4n) is 3.45. The van der Waals surface area contributed by atoms with Crippen LogP contribution in [0.4, 0.5) is 0 Å². The average molecular weight is 395 g/mol. The number of methoxy groups -OCH3 is 2. The largest absolute Gasteiger partial charge is 0.468 e. The number of carbonyl (C=O) groups is 2. The molecule has 1 aromatic carbocycles. The highest BCUT2D eigenvalue weighted by Crippen LogP contribution is 2.33. The van der Waals surface area contributed by atoms with Gasteiger partial charge >= 0.3 is 11.9 Å². The number of nitrogens with zero attached hydrogens (tertiary/aromatic N) is 1. The van der Waals surface area contributed by atoms with Gasteiger partial charge in [0.15, 0.2) is 5.41 Å². The number of ether oxygens (including phenoxy) is 2. The monoisotopic (exact) mass is 395 g/mol. The van der Waals surface area contributed by atoms with E-state index in [1.54, 1.807) is 6.92 Å². The molecule has 0 bridgehead atoms. The van der Waals surface area contributed by atoms with Crippen LogP contribution in [0.2, 0.25) is 0 Å². The van der Waals surface area contributed by atoms with E-state index >= 15 is 0 Å². The maximum absolute atomic E-state index is 12.7. The first-order chi connectivity index (χ1) is 13.8. The zero-order chi connectivity index (χ0) is 21.6. The zero-order valence-corrected chi connectivity index (χ0v) is 18.1. The molecule has 2 aromatic rings. The topological polar surface area (TPSA) is 57.5 Å². The zero-order valence-electron chi connectivity index (χ0n) is 18.1. The lowest BCUT2D eigenvalue weighted by Crippen LogP contribution is -2.43. The summed E-state index contributed by atoms with van der Waals surface area (Å²) in [6.45, 7) is 8.49.